The molecule has 1 aromatic heterocycles. The number of aromatic nitrogens is 1. The average molecular weight is 292 g/mol. The molecule has 1 saturated heterocycles. The number of aliphatic hydroxyl groups is 1. The van der Waals surface area contributed by atoms with Crippen molar-refractivity contribution in [3.8, 4) is 0 Å². The lowest BCUT2D eigenvalue weighted by molar-refractivity contribution is 0.0591. The quantitative estimate of drug-likeness (QED) is 0.824. The summed E-state index contributed by atoms with van der Waals surface area (Å²) in [7, 11) is 4.19. The average Bonchev–Trinajstić information content (AvgIpc) is 2.44. The predicted octanol–water partition coefficient (Wildman–Crippen LogP) is 0.430. The molecule has 5 heteroatoms. The van der Waals surface area contributed by atoms with Gasteiger partial charge < -0.3 is 10.0 Å². The molecule has 0 radical (unpaired) electrons. The summed E-state index contributed by atoms with van der Waals surface area (Å²) in [4.78, 5) is 11.2. The number of hydrogen-bond donors (Lipinski definition) is 1. The molecule has 1 unspecified atom stereocenters. The number of β-amino-alcohol motifs (C(OH)–C–C–N with tert-alkyl or cyclic N) is 1. The molecule has 1 atom stereocenters. The first-order valence-corrected chi connectivity index (χ1v) is 7.72. The van der Waals surface area contributed by atoms with Crippen molar-refractivity contribution in [1.29, 1.82) is 0 Å². The Labute approximate surface area is 128 Å². The molecule has 21 heavy (non-hydrogen) atoms. The molecule has 5 nitrogen and oxygen atoms in total. The summed E-state index contributed by atoms with van der Waals surface area (Å²) in [6, 6.07) is 4.04. The second-order valence-electron chi connectivity index (χ2n) is 6.22. The van der Waals surface area contributed by atoms with Crippen LogP contribution < -0.4 is 0 Å². The maximum absolute atomic E-state index is 10.3. The molecule has 1 aliphatic rings. The minimum atomic E-state index is -0.303. The zero-order valence-corrected chi connectivity index (χ0v) is 13.5. The molecule has 0 aromatic carbocycles. The smallest absolute Gasteiger partial charge is 0.0793 e. The zero-order chi connectivity index (χ0) is 15.2. The van der Waals surface area contributed by atoms with E-state index < -0.39 is 0 Å². The van der Waals surface area contributed by atoms with Gasteiger partial charge in [-0.1, -0.05) is 6.07 Å². The Morgan fingerprint density at radius 3 is 2.71 bits per heavy atom. The second kappa shape index (κ2) is 7.84. The van der Waals surface area contributed by atoms with Crippen LogP contribution in [0.25, 0.3) is 0 Å². The lowest BCUT2D eigenvalue weighted by Crippen LogP contribution is -2.48. The Hall–Kier alpha value is -1.01. The van der Waals surface area contributed by atoms with Crippen LogP contribution in [0.5, 0.6) is 0 Å². The highest BCUT2D eigenvalue weighted by atomic mass is 16.3. The molecule has 1 aromatic rings. The van der Waals surface area contributed by atoms with Crippen molar-refractivity contribution < 1.29 is 5.11 Å². The van der Waals surface area contributed by atoms with E-state index >= 15 is 0 Å². The standard InChI is InChI=1S/C16H28N4O/c1-14-5-4-6-17-16(14)13-19(3)11-15(21)12-20-9-7-18(2)8-10-20/h4-6,15,21H,7-13H2,1-3H3. The summed E-state index contributed by atoms with van der Waals surface area (Å²) >= 11 is 0. The number of rotatable bonds is 6. The third-order valence-corrected chi connectivity index (χ3v) is 4.12. The van der Waals surface area contributed by atoms with Gasteiger partial charge in [-0.15, -0.1) is 0 Å². The molecular weight excluding hydrogens is 264 g/mol. The molecule has 1 aliphatic heterocycles. The second-order valence-corrected chi connectivity index (χ2v) is 6.22. The highest BCUT2D eigenvalue weighted by Gasteiger charge is 2.18. The predicted molar refractivity (Wildman–Crippen MR) is 85.3 cm³/mol. The maximum atomic E-state index is 10.3. The Morgan fingerprint density at radius 2 is 2.05 bits per heavy atom. The zero-order valence-electron chi connectivity index (χ0n) is 13.5. The number of aryl methyl sites for hydroxylation is 1. The van der Waals surface area contributed by atoms with Gasteiger partial charge >= 0.3 is 0 Å². The Morgan fingerprint density at radius 1 is 1.33 bits per heavy atom. The van der Waals surface area contributed by atoms with Crippen LogP contribution in [0, 0.1) is 6.92 Å². The summed E-state index contributed by atoms with van der Waals surface area (Å²) in [5.74, 6) is 0. The molecule has 1 N–H and O–H groups in total. The van der Waals surface area contributed by atoms with Gasteiger partial charge in [-0.2, -0.15) is 0 Å². The fourth-order valence-corrected chi connectivity index (χ4v) is 2.75. The fourth-order valence-electron chi connectivity index (χ4n) is 2.75. The molecule has 1 fully saturated rings. The van der Waals surface area contributed by atoms with Crippen molar-refractivity contribution in [1.82, 2.24) is 19.7 Å². The molecule has 118 valence electrons. The van der Waals surface area contributed by atoms with Crippen LogP contribution in [-0.4, -0.2) is 84.3 Å². The van der Waals surface area contributed by atoms with Crippen LogP contribution in [0.3, 0.4) is 0 Å². The van der Waals surface area contributed by atoms with E-state index in [0.29, 0.717) is 6.54 Å². The molecule has 2 heterocycles. The van der Waals surface area contributed by atoms with Crippen LogP contribution in [0.15, 0.2) is 18.3 Å². The number of pyridine rings is 1. The van der Waals surface area contributed by atoms with E-state index in [2.05, 4.69) is 39.7 Å². The van der Waals surface area contributed by atoms with Crippen molar-refractivity contribution >= 4 is 0 Å². The molecule has 0 bridgehead atoms. The molecule has 0 spiro atoms. The molecule has 0 saturated carbocycles. The Bertz CT molecular complexity index is 432. The summed E-state index contributed by atoms with van der Waals surface area (Å²) in [6.07, 6.45) is 1.53. The third kappa shape index (κ3) is 5.36. The fraction of sp³-hybridized carbons (Fsp3) is 0.688. The van der Waals surface area contributed by atoms with E-state index in [9.17, 15) is 5.11 Å². The van der Waals surface area contributed by atoms with E-state index in [-0.39, 0.29) is 6.10 Å². The van der Waals surface area contributed by atoms with Gasteiger partial charge in [0.15, 0.2) is 0 Å². The third-order valence-electron chi connectivity index (χ3n) is 4.12. The topological polar surface area (TPSA) is 42.8 Å². The molecule has 0 amide bonds. The van der Waals surface area contributed by atoms with Gasteiger partial charge in [0, 0.05) is 52.0 Å². The lowest BCUT2D eigenvalue weighted by atomic mass is 10.2. The first kappa shape index (κ1) is 16.4. The highest BCUT2D eigenvalue weighted by Crippen LogP contribution is 2.07. The van der Waals surface area contributed by atoms with Crippen molar-refractivity contribution in [2.45, 2.75) is 19.6 Å². The largest absolute Gasteiger partial charge is 0.390 e. The number of nitrogens with zero attached hydrogens (tertiary/aromatic N) is 4. The Kier molecular flexibility index (Phi) is 6.11. The van der Waals surface area contributed by atoms with Gasteiger partial charge in [0.25, 0.3) is 0 Å². The number of hydrogen-bond acceptors (Lipinski definition) is 5. The molecule has 0 aliphatic carbocycles. The summed E-state index contributed by atoms with van der Waals surface area (Å²) in [5.41, 5.74) is 2.30. The monoisotopic (exact) mass is 292 g/mol. The van der Waals surface area contributed by atoms with Crippen molar-refractivity contribution in [2.75, 3.05) is 53.4 Å². The first-order valence-electron chi connectivity index (χ1n) is 7.72. The van der Waals surface area contributed by atoms with Gasteiger partial charge in [-0.3, -0.25) is 14.8 Å². The van der Waals surface area contributed by atoms with Crippen molar-refractivity contribution in [2.24, 2.45) is 0 Å². The number of piperazine rings is 1. The van der Waals surface area contributed by atoms with Crippen LogP contribution in [0.1, 0.15) is 11.3 Å². The van der Waals surface area contributed by atoms with Gasteiger partial charge in [-0.25, -0.2) is 0 Å². The van der Waals surface area contributed by atoms with Crippen LogP contribution in [-0.2, 0) is 6.54 Å². The molecular formula is C16H28N4O. The number of aliphatic hydroxyl groups excluding tert-OH is 1. The maximum Gasteiger partial charge on any atom is 0.0793 e. The minimum absolute atomic E-state index is 0.303. The van der Waals surface area contributed by atoms with Crippen molar-refractivity contribution in [3.63, 3.8) is 0 Å². The van der Waals surface area contributed by atoms with Crippen LogP contribution in [0.2, 0.25) is 0 Å². The first-order chi connectivity index (χ1) is 10.0. The van der Waals surface area contributed by atoms with E-state index in [0.717, 1.165) is 45.0 Å². The lowest BCUT2D eigenvalue weighted by Gasteiger charge is -2.34. The van der Waals surface area contributed by atoms with Gasteiger partial charge in [0.1, 0.15) is 0 Å². The number of likely N-dealkylation sites (N-methyl/N-ethyl adjacent to an activating group) is 2. The van der Waals surface area contributed by atoms with Gasteiger partial charge in [-0.05, 0) is 32.6 Å². The van der Waals surface area contributed by atoms with Crippen molar-refractivity contribution in [3.05, 3.63) is 29.6 Å². The summed E-state index contributed by atoms with van der Waals surface area (Å²) in [6.45, 7) is 8.60. The van der Waals surface area contributed by atoms with E-state index in [4.69, 9.17) is 0 Å². The van der Waals surface area contributed by atoms with Gasteiger partial charge in [0.05, 0.1) is 11.8 Å². The molecule has 2 rings (SSSR count). The van der Waals surface area contributed by atoms with Gasteiger partial charge in [0.2, 0.25) is 0 Å². The Balaban J connectivity index is 1.74. The van der Waals surface area contributed by atoms with E-state index in [1.54, 1.807) is 0 Å². The SMILES string of the molecule is Cc1cccnc1CN(C)CC(O)CN1CCN(C)CC1. The minimum Gasteiger partial charge on any atom is -0.390 e. The van der Waals surface area contributed by atoms with Crippen LogP contribution >= 0.6 is 0 Å². The van der Waals surface area contributed by atoms with E-state index in [1.165, 1.54) is 5.56 Å². The summed E-state index contributed by atoms with van der Waals surface area (Å²) in [5, 5.41) is 10.3. The normalized spacial score (nSPS) is 19.1. The van der Waals surface area contributed by atoms with Crippen LogP contribution in [0.4, 0.5) is 0 Å². The van der Waals surface area contributed by atoms with E-state index in [1.807, 2.05) is 19.3 Å². The highest BCUT2D eigenvalue weighted by molar-refractivity contribution is 5.17. The summed E-state index contributed by atoms with van der Waals surface area (Å²) < 4.78 is 0.